The Labute approximate surface area is 77.9 Å². The van der Waals surface area contributed by atoms with Crippen molar-refractivity contribution in [3.63, 3.8) is 0 Å². The van der Waals surface area contributed by atoms with Gasteiger partial charge in [-0.05, 0) is 19.5 Å². The van der Waals surface area contributed by atoms with Crippen LogP contribution in [0.2, 0.25) is 0 Å². The molecule has 12 heavy (non-hydrogen) atoms. The van der Waals surface area contributed by atoms with Crippen LogP contribution in [0.5, 0.6) is 0 Å². The van der Waals surface area contributed by atoms with Crippen LogP contribution in [0.3, 0.4) is 0 Å². The van der Waals surface area contributed by atoms with Gasteiger partial charge in [0.15, 0.2) is 0 Å². The molecule has 1 heteroatoms. The lowest BCUT2D eigenvalue weighted by atomic mass is 10.1. The van der Waals surface area contributed by atoms with E-state index in [1.54, 1.807) is 0 Å². The van der Waals surface area contributed by atoms with Gasteiger partial charge in [-0.25, -0.2) is 0 Å². The zero-order chi connectivity index (χ0) is 9.23. The lowest BCUT2D eigenvalue weighted by Crippen LogP contribution is -2.01. The Balaban J connectivity index is 0.000000261. The van der Waals surface area contributed by atoms with E-state index in [1.807, 2.05) is 7.05 Å². The van der Waals surface area contributed by atoms with Gasteiger partial charge in [-0.3, -0.25) is 0 Å². The molecule has 0 heterocycles. The smallest absolute Gasteiger partial charge is 0.00804 e. The van der Waals surface area contributed by atoms with Gasteiger partial charge in [0, 0.05) is 0 Å². The normalized spacial score (nSPS) is 15.2. The van der Waals surface area contributed by atoms with E-state index >= 15 is 0 Å². The molecule has 0 aromatic heterocycles. The zero-order valence-electron chi connectivity index (χ0n) is 9.03. The summed E-state index contributed by atoms with van der Waals surface area (Å²) in [6, 6.07) is 0. The third-order valence-corrected chi connectivity index (χ3v) is 2.27. The molecule has 1 aliphatic rings. The minimum Gasteiger partial charge on any atom is -0.320 e. The van der Waals surface area contributed by atoms with Crippen LogP contribution in [-0.4, -0.2) is 13.6 Å². The van der Waals surface area contributed by atoms with Crippen molar-refractivity contribution in [3.8, 4) is 0 Å². The first kappa shape index (κ1) is 12.0. The van der Waals surface area contributed by atoms with Crippen molar-refractivity contribution >= 4 is 0 Å². The van der Waals surface area contributed by atoms with Gasteiger partial charge in [-0.1, -0.05) is 52.4 Å². The molecule has 0 aromatic carbocycles. The van der Waals surface area contributed by atoms with Gasteiger partial charge >= 0.3 is 0 Å². The summed E-state index contributed by atoms with van der Waals surface area (Å²) in [5, 5.41) is 2.93. The Morgan fingerprint density at radius 1 is 1.17 bits per heavy atom. The third-order valence-electron chi connectivity index (χ3n) is 2.27. The molecule has 1 N–H and O–H groups in total. The summed E-state index contributed by atoms with van der Waals surface area (Å²) in [6.45, 7) is 5.41. The fourth-order valence-corrected chi connectivity index (χ4v) is 1.09. The first-order chi connectivity index (χ1) is 5.85. The lowest BCUT2D eigenvalue weighted by Gasteiger charge is -1.92. The van der Waals surface area contributed by atoms with Crippen molar-refractivity contribution < 1.29 is 0 Å². The van der Waals surface area contributed by atoms with E-state index in [2.05, 4.69) is 19.2 Å². The van der Waals surface area contributed by atoms with Crippen LogP contribution in [0.1, 0.15) is 52.4 Å². The van der Waals surface area contributed by atoms with Crippen LogP contribution in [-0.2, 0) is 0 Å². The van der Waals surface area contributed by atoms with E-state index < -0.39 is 0 Å². The number of nitrogens with one attached hydrogen (secondary N) is 1. The highest BCUT2D eigenvalue weighted by molar-refractivity contribution is 4.72. The number of hydrogen-bond acceptors (Lipinski definition) is 1. The van der Waals surface area contributed by atoms with Gasteiger partial charge in [0.25, 0.3) is 0 Å². The second kappa shape index (κ2) is 9.05. The van der Waals surface area contributed by atoms with E-state index in [9.17, 15) is 0 Å². The summed E-state index contributed by atoms with van der Waals surface area (Å²) < 4.78 is 0. The molecule has 0 atom stereocenters. The van der Waals surface area contributed by atoms with Crippen molar-refractivity contribution in [2.75, 3.05) is 13.6 Å². The SMILES string of the molecule is CCCCCC1CC1.CCNC. The van der Waals surface area contributed by atoms with Gasteiger partial charge < -0.3 is 5.32 Å². The minimum absolute atomic E-state index is 1.07. The van der Waals surface area contributed by atoms with Crippen LogP contribution in [0.25, 0.3) is 0 Å². The predicted octanol–water partition coefficient (Wildman–Crippen LogP) is 3.20. The molecule has 1 rings (SSSR count). The molecule has 1 fully saturated rings. The van der Waals surface area contributed by atoms with E-state index in [0.717, 1.165) is 12.5 Å². The summed E-state index contributed by atoms with van der Waals surface area (Å²) in [7, 11) is 1.93. The lowest BCUT2D eigenvalue weighted by molar-refractivity contribution is 0.620. The molecule has 74 valence electrons. The monoisotopic (exact) mass is 171 g/mol. The summed E-state index contributed by atoms with van der Waals surface area (Å²) in [4.78, 5) is 0. The molecule has 0 radical (unpaired) electrons. The van der Waals surface area contributed by atoms with E-state index in [4.69, 9.17) is 0 Å². The molecule has 0 spiro atoms. The average Bonchev–Trinajstić information content (AvgIpc) is 2.89. The first-order valence-electron chi connectivity index (χ1n) is 5.49. The molecule has 0 amide bonds. The zero-order valence-corrected chi connectivity index (χ0v) is 9.03. The molecule has 0 saturated heterocycles. The molecule has 0 aromatic rings. The van der Waals surface area contributed by atoms with Gasteiger partial charge in [0.1, 0.15) is 0 Å². The van der Waals surface area contributed by atoms with Crippen molar-refractivity contribution in [1.82, 2.24) is 5.32 Å². The molecule has 0 bridgehead atoms. The quantitative estimate of drug-likeness (QED) is 0.626. The van der Waals surface area contributed by atoms with Crippen LogP contribution in [0.4, 0.5) is 0 Å². The van der Waals surface area contributed by atoms with Crippen molar-refractivity contribution in [3.05, 3.63) is 0 Å². The highest BCUT2D eigenvalue weighted by atomic mass is 14.8. The fraction of sp³-hybridized carbons (Fsp3) is 1.00. The topological polar surface area (TPSA) is 12.0 Å². The van der Waals surface area contributed by atoms with Gasteiger partial charge in [-0.2, -0.15) is 0 Å². The Morgan fingerprint density at radius 3 is 2.08 bits per heavy atom. The highest BCUT2D eigenvalue weighted by Crippen LogP contribution is 2.33. The molecule has 1 aliphatic carbocycles. The highest BCUT2D eigenvalue weighted by Gasteiger charge is 2.19. The maximum atomic E-state index is 2.93. The molecular formula is C11H25N. The fourth-order valence-electron chi connectivity index (χ4n) is 1.09. The van der Waals surface area contributed by atoms with Crippen molar-refractivity contribution in [1.29, 1.82) is 0 Å². The Bertz CT molecular complexity index is 75.1. The third kappa shape index (κ3) is 9.96. The number of hydrogen-bond donors (Lipinski definition) is 1. The first-order valence-corrected chi connectivity index (χ1v) is 5.49. The number of unbranched alkanes of at least 4 members (excludes halogenated alkanes) is 2. The average molecular weight is 171 g/mol. The maximum Gasteiger partial charge on any atom is -0.00804 e. The second-order valence-corrected chi connectivity index (χ2v) is 3.65. The molecule has 0 aliphatic heterocycles. The Morgan fingerprint density at radius 2 is 1.75 bits per heavy atom. The van der Waals surface area contributed by atoms with Crippen LogP contribution >= 0.6 is 0 Å². The van der Waals surface area contributed by atoms with E-state index in [1.165, 1.54) is 38.5 Å². The number of rotatable bonds is 5. The summed E-state index contributed by atoms with van der Waals surface area (Å²) in [5.74, 6) is 1.15. The largest absolute Gasteiger partial charge is 0.320 e. The van der Waals surface area contributed by atoms with Crippen LogP contribution < -0.4 is 5.32 Å². The van der Waals surface area contributed by atoms with Crippen molar-refractivity contribution in [2.24, 2.45) is 5.92 Å². The van der Waals surface area contributed by atoms with Crippen LogP contribution in [0.15, 0.2) is 0 Å². The molecule has 1 nitrogen and oxygen atoms in total. The Hall–Kier alpha value is -0.0400. The summed E-state index contributed by atoms with van der Waals surface area (Å²) in [5.41, 5.74) is 0. The van der Waals surface area contributed by atoms with E-state index in [0.29, 0.717) is 0 Å². The van der Waals surface area contributed by atoms with Gasteiger partial charge in [-0.15, -0.1) is 0 Å². The molecule has 0 unspecified atom stereocenters. The van der Waals surface area contributed by atoms with Gasteiger partial charge in [0.05, 0.1) is 0 Å². The predicted molar refractivity (Wildman–Crippen MR) is 56.5 cm³/mol. The summed E-state index contributed by atoms with van der Waals surface area (Å²) in [6.07, 6.45) is 8.91. The summed E-state index contributed by atoms with van der Waals surface area (Å²) >= 11 is 0. The standard InChI is InChI=1S/C8H16.C3H9N/c1-2-3-4-5-8-6-7-8;1-3-4-2/h8H,2-7H2,1H3;4H,3H2,1-2H3. The molecule has 1 saturated carbocycles. The Kier molecular flexibility index (Phi) is 9.02. The van der Waals surface area contributed by atoms with Gasteiger partial charge in [0.2, 0.25) is 0 Å². The molecular weight excluding hydrogens is 146 g/mol. The second-order valence-electron chi connectivity index (χ2n) is 3.65. The van der Waals surface area contributed by atoms with E-state index in [-0.39, 0.29) is 0 Å². The minimum atomic E-state index is 1.07. The maximum absolute atomic E-state index is 2.93. The van der Waals surface area contributed by atoms with Crippen molar-refractivity contribution in [2.45, 2.75) is 52.4 Å². The van der Waals surface area contributed by atoms with Crippen LogP contribution in [0, 0.1) is 5.92 Å².